The summed E-state index contributed by atoms with van der Waals surface area (Å²) in [5.41, 5.74) is 5.26. The number of rotatable bonds is 2. The number of carbonyl (C=O) groups is 1. The molecule has 1 unspecified atom stereocenters. The van der Waals surface area contributed by atoms with Crippen LogP contribution < -0.4 is 21.5 Å². The molecule has 7 nitrogen and oxygen atoms in total. The van der Waals surface area contributed by atoms with Crippen molar-refractivity contribution in [1.82, 2.24) is 15.5 Å². The Morgan fingerprint density at radius 1 is 1.65 bits per heavy atom. The second-order valence-electron chi connectivity index (χ2n) is 3.71. The minimum atomic E-state index is -0.523. The molecule has 17 heavy (non-hydrogen) atoms. The van der Waals surface area contributed by atoms with Gasteiger partial charge in [0.25, 0.3) is 5.56 Å². The van der Waals surface area contributed by atoms with E-state index in [1.807, 2.05) is 0 Å². The van der Waals surface area contributed by atoms with Crippen LogP contribution in [0.3, 0.4) is 0 Å². The summed E-state index contributed by atoms with van der Waals surface area (Å²) in [6.07, 6.45) is 1.42. The summed E-state index contributed by atoms with van der Waals surface area (Å²) in [5.74, 6) is -0.464. The van der Waals surface area contributed by atoms with E-state index in [4.69, 9.17) is 17.3 Å². The average Bonchev–Trinajstić information content (AvgIpc) is 2.33. The van der Waals surface area contributed by atoms with Crippen LogP contribution in [0.1, 0.15) is 0 Å². The molecule has 1 aromatic heterocycles. The van der Waals surface area contributed by atoms with Crippen LogP contribution in [0, 0.1) is 0 Å². The third kappa shape index (κ3) is 2.25. The summed E-state index contributed by atoms with van der Waals surface area (Å²) in [5, 5.41) is 8.98. The van der Waals surface area contributed by atoms with Crippen LogP contribution in [0.15, 0.2) is 11.0 Å². The van der Waals surface area contributed by atoms with Crippen molar-refractivity contribution >= 4 is 23.2 Å². The van der Waals surface area contributed by atoms with Gasteiger partial charge in [0.2, 0.25) is 5.91 Å². The molecule has 1 atom stereocenters. The highest BCUT2D eigenvalue weighted by atomic mass is 35.5. The van der Waals surface area contributed by atoms with Gasteiger partial charge in [0.15, 0.2) is 0 Å². The van der Waals surface area contributed by atoms with Gasteiger partial charge in [-0.3, -0.25) is 9.59 Å². The van der Waals surface area contributed by atoms with E-state index < -0.39 is 17.5 Å². The normalized spacial score (nSPS) is 20.3. The summed E-state index contributed by atoms with van der Waals surface area (Å²) < 4.78 is 0. The second kappa shape index (κ2) is 4.72. The zero-order valence-electron chi connectivity index (χ0n) is 8.94. The molecule has 0 spiro atoms. The van der Waals surface area contributed by atoms with Gasteiger partial charge >= 0.3 is 0 Å². The molecule has 8 heteroatoms. The first kappa shape index (κ1) is 11.9. The molecule has 1 saturated heterocycles. The number of halogens is 1. The molecule has 2 heterocycles. The number of nitrogens with one attached hydrogen (secondary N) is 2. The molecule has 0 aliphatic carbocycles. The number of carbonyl (C=O) groups excluding carboxylic acids is 1. The molecule has 1 amide bonds. The Morgan fingerprint density at radius 2 is 2.41 bits per heavy atom. The molecule has 4 N–H and O–H groups in total. The SMILES string of the molecule is NC(=O)C1CNCCN1c1cn[nH]c(=O)c1Cl. The zero-order chi connectivity index (χ0) is 12.4. The molecule has 0 saturated carbocycles. The van der Waals surface area contributed by atoms with Crippen molar-refractivity contribution in [3.05, 3.63) is 21.6 Å². The summed E-state index contributed by atoms with van der Waals surface area (Å²) in [6.45, 7) is 1.66. The number of primary amides is 1. The van der Waals surface area contributed by atoms with Crippen molar-refractivity contribution in [2.45, 2.75) is 6.04 Å². The topological polar surface area (TPSA) is 104 Å². The number of hydrogen-bond acceptors (Lipinski definition) is 5. The lowest BCUT2D eigenvalue weighted by Gasteiger charge is -2.35. The van der Waals surface area contributed by atoms with Crippen LogP contribution in [-0.2, 0) is 4.79 Å². The lowest BCUT2D eigenvalue weighted by molar-refractivity contribution is -0.119. The smallest absolute Gasteiger partial charge is 0.285 e. The maximum atomic E-state index is 11.4. The van der Waals surface area contributed by atoms with Crippen LogP contribution >= 0.6 is 11.6 Å². The van der Waals surface area contributed by atoms with Crippen LogP contribution in [0.25, 0.3) is 0 Å². The van der Waals surface area contributed by atoms with Gasteiger partial charge in [-0.1, -0.05) is 11.6 Å². The first-order valence-corrected chi connectivity index (χ1v) is 5.49. The predicted molar refractivity (Wildman–Crippen MR) is 63.1 cm³/mol. The molecular formula is C9H12ClN5O2. The lowest BCUT2D eigenvalue weighted by Crippen LogP contribution is -2.57. The highest BCUT2D eigenvalue weighted by Gasteiger charge is 2.29. The predicted octanol–water partition coefficient (Wildman–Crippen LogP) is -1.31. The average molecular weight is 258 g/mol. The first-order valence-electron chi connectivity index (χ1n) is 5.11. The Balaban J connectivity index is 2.39. The zero-order valence-corrected chi connectivity index (χ0v) is 9.70. The van der Waals surface area contributed by atoms with Gasteiger partial charge in [-0.15, -0.1) is 0 Å². The first-order chi connectivity index (χ1) is 8.11. The van der Waals surface area contributed by atoms with Gasteiger partial charge in [0.05, 0.1) is 11.9 Å². The summed E-state index contributed by atoms with van der Waals surface area (Å²) in [4.78, 5) is 24.4. The molecule has 0 aromatic carbocycles. The number of hydrogen-bond donors (Lipinski definition) is 3. The fourth-order valence-electron chi connectivity index (χ4n) is 1.82. The van der Waals surface area contributed by atoms with Gasteiger partial charge in [0.1, 0.15) is 11.1 Å². The minimum absolute atomic E-state index is 0.0214. The van der Waals surface area contributed by atoms with Gasteiger partial charge < -0.3 is 16.0 Å². The molecule has 1 aromatic rings. The van der Waals surface area contributed by atoms with Crippen molar-refractivity contribution in [2.75, 3.05) is 24.5 Å². The van der Waals surface area contributed by atoms with Crippen LogP contribution in [0.2, 0.25) is 5.02 Å². The standard InChI is InChI=1S/C9H12ClN5O2/c10-7-5(4-13-14-9(7)17)15-2-1-12-3-6(15)8(11)16/h4,6,12H,1-3H2,(H2,11,16)(H,14,17). The van der Waals surface area contributed by atoms with Crippen LogP contribution in [-0.4, -0.2) is 41.8 Å². The number of aromatic nitrogens is 2. The van der Waals surface area contributed by atoms with Crippen molar-refractivity contribution in [3.8, 4) is 0 Å². The van der Waals surface area contributed by atoms with Gasteiger partial charge in [-0.25, -0.2) is 5.10 Å². The molecular weight excluding hydrogens is 246 g/mol. The summed E-state index contributed by atoms with van der Waals surface area (Å²) >= 11 is 5.90. The van der Waals surface area contributed by atoms with Crippen molar-refractivity contribution in [3.63, 3.8) is 0 Å². The Hall–Kier alpha value is -1.60. The van der Waals surface area contributed by atoms with Gasteiger partial charge in [-0.05, 0) is 0 Å². The van der Waals surface area contributed by atoms with E-state index in [1.165, 1.54) is 6.20 Å². The van der Waals surface area contributed by atoms with Gasteiger partial charge in [-0.2, -0.15) is 5.10 Å². The fourth-order valence-corrected chi connectivity index (χ4v) is 2.02. The largest absolute Gasteiger partial charge is 0.368 e. The lowest BCUT2D eigenvalue weighted by atomic mass is 10.1. The minimum Gasteiger partial charge on any atom is -0.368 e. The van der Waals surface area contributed by atoms with E-state index in [-0.39, 0.29) is 5.02 Å². The second-order valence-corrected chi connectivity index (χ2v) is 4.09. The van der Waals surface area contributed by atoms with Gasteiger partial charge in [0, 0.05) is 19.6 Å². The highest BCUT2D eigenvalue weighted by Crippen LogP contribution is 2.23. The summed E-state index contributed by atoms with van der Waals surface area (Å²) in [7, 11) is 0. The fraction of sp³-hybridized carbons (Fsp3) is 0.444. The van der Waals surface area contributed by atoms with Crippen LogP contribution in [0.5, 0.6) is 0 Å². The molecule has 2 rings (SSSR count). The molecule has 1 fully saturated rings. The number of H-pyrrole nitrogens is 1. The van der Waals surface area contributed by atoms with Crippen molar-refractivity contribution in [1.29, 1.82) is 0 Å². The quantitative estimate of drug-likeness (QED) is 0.610. The molecule has 1 aliphatic heterocycles. The van der Waals surface area contributed by atoms with E-state index >= 15 is 0 Å². The number of aromatic amines is 1. The van der Waals surface area contributed by atoms with E-state index in [1.54, 1.807) is 4.90 Å². The van der Waals surface area contributed by atoms with Crippen LogP contribution in [0.4, 0.5) is 5.69 Å². The number of anilines is 1. The number of nitrogens with two attached hydrogens (primary N) is 1. The number of piperazine rings is 1. The third-order valence-corrected chi connectivity index (χ3v) is 3.02. The van der Waals surface area contributed by atoms with Crippen molar-refractivity contribution in [2.24, 2.45) is 5.73 Å². The monoisotopic (exact) mass is 257 g/mol. The number of amides is 1. The Labute approximate surface area is 102 Å². The Morgan fingerprint density at radius 3 is 3.12 bits per heavy atom. The molecule has 0 bridgehead atoms. The Bertz CT molecular complexity index is 489. The van der Waals surface area contributed by atoms with E-state index in [9.17, 15) is 9.59 Å². The van der Waals surface area contributed by atoms with E-state index in [2.05, 4.69) is 15.5 Å². The maximum Gasteiger partial charge on any atom is 0.285 e. The number of nitrogens with zero attached hydrogens (tertiary/aromatic N) is 2. The molecule has 92 valence electrons. The van der Waals surface area contributed by atoms with E-state index in [0.29, 0.717) is 25.3 Å². The van der Waals surface area contributed by atoms with E-state index in [0.717, 1.165) is 0 Å². The van der Waals surface area contributed by atoms with Crippen molar-refractivity contribution < 1.29 is 4.79 Å². The Kier molecular flexibility index (Phi) is 3.30. The summed E-state index contributed by atoms with van der Waals surface area (Å²) in [6, 6.07) is -0.523. The highest BCUT2D eigenvalue weighted by molar-refractivity contribution is 6.33. The maximum absolute atomic E-state index is 11.4. The molecule has 0 radical (unpaired) electrons. The third-order valence-electron chi connectivity index (χ3n) is 2.66. The molecule has 1 aliphatic rings.